The van der Waals surface area contributed by atoms with Gasteiger partial charge in [0.25, 0.3) is 0 Å². The molecule has 2 rings (SSSR count). The molecule has 2 atom stereocenters. The lowest BCUT2D eigenvalue weighted by atomic mass is 9.85. The maximum atomic E-state index is 5.89. The molecule has 0 saturated heterocycles. The Labute approximate surface area is 115 Å². The molecule has 1 saturated carbocycles. The van der Waals surface area contributed by atoms with E-state index >= 15 is 0 Å². The molecule has 1 N–H and O–H groups in total. The highest BCUT2D eigenvalue weighted by molar-refractivity contribution is 4.97. The highest BCUT2D eigenvalue weighted by atomic mass is 16.5. The first-order valence-corrected chi connectivity index (χ1v) is 7.38. The van der Waals surface area contributed by atoms with E-state index in [9.17, 15) is 0 Å². The number of aromatic nitrogens is 2. The third-order valence-electron chi connectivity index (χ3n) is 3.94. The standard InChI is InChI=1S/C14H25N3O2/c1-4-18-12(11-8-6-5-7-9-11)13-16-14(19-17-13)10(2)15-3/h10-12,15H,4-9H2,1-3H3. The van der Waals surface area contributed by atoms with E-state index < -0.39 is 0 Å². The van der Waals surface area contributed by atoms with Gasteiger partial charge in [0.15, 0.2) is 0 Å². The van der Waals surface area contributed by atoms with Gasteiger partial charge in [0.2, 0.25) is 11.7 Å². The molecule has 2 unspecified atom stereocenters. The van der Waals surface area contributed by atoms with Crippen molar-refractivity contribution in [1.82, 2.24) is 15.5 Å². The fraction of sp³-hybridized carbons (Fsp3) is 0.857. The van der Waals surface area contributed by atoms with E-state index in [-0.39, 0.29) is 12.1 Å². The van der Waals surface area contributed by atoms with Crippen molar-refractivity contribution in [3.05, 3.63) is 11.7 Å². The predicted molar refractivity (Wildman–Crippen MR) is 72.7 cm³/mol. The minimum Gasteiger partial charge on any atom is -0.370 e. The summed E-state index contributed by atoms with van der Waals surface area (Å²) in [4.78, 5) is 4.51. The molecule has 19 heavy (non-hydrogen) atoms. The average molecular weight is 267 g/mol. The summed E-state index contributed by atoms with van der Waals surface area (Å²) >= 11 is 0. The van der Waals surface area contributed by atoms with Gasteiger partial charge in [-0.1, -0.05) is 24.4 Å². The van der Waals surface area contributed by atoms with Crippen molar-refractivity contribution in [3.8, 4) is 0 Å². The fourth-order valence-corrected chi connectivity index (χ4v) is 2.70. The monoisotopic (exact) mass is 267 g/mol. The molecular formula is C14H25N3O2. The fourth-order valence-electron chi connectivity index (χ4n) is 2.70. The molecule has 0 bridgehead atoms. The zero-order valence-electron chi connectivity index (χ0n) is 12.2. The first-order chi connectivity index (χ1) is 9.26. The molecule has 0 radical (unpaired) electrons. The molecule has 108 valence electrons. The van der Waals surface area contributed by atoms with Crippen molar-refractivity contribution in [2.24, 2.45) is 5.92 Å². The Morgan fingerprint density at radius 3 is 2.74 bits per heavy atom. The first-order valence-electron chi connectivity index (χ1n) is 7.38. The van der Waals surface area contributed by atoms with Crippen LogP contribution < -0.4 is 5.32 Å². The number of nitrogens with zero attached hydrogens (tertiary/aromatic N) is 2. The largest absolute Gasteiger partial charge is 0.370 e. The third-order valence-corrected chi connectivity index (χ3v) is 3.94. The number of ether oxygens (including phenoxy) is 1. The number of hydrogen-bond donors (Lipinski definition) is 1. The van der Waals surface area contributed by atoms with Gasteiger partial charge in [0.05, 0.1) is 6.04 Å². The van der Waals surface area contributed by atoms with Crippen LogP contribution in [0.15, 0.2) is 4.52 Å². The highest BCUT2D eigenvalue weighted by Gasteiger charge is 2.30. The molecule has 0 spiro atoms. The van der Waals surface area contributed by atoms with Crippen molar-refractivity contribution >= 4 is 0 Å². The summed E-state index contributed by atoms with van der Waals surface area (Å²) in [6.45, 7) is 4.72. The van der Waals surface area contributed by atoms with E-state index in [0.717, 1.165) is 0 Å². The zero-order valence-corrected chi connectivity index (χ0v) is 12.2. The van der Waals surface area contributed by atoms with E-state index in [0.29, 0.717) is 24.2 Å². The van der Waals surface area contributed by atoms with Crippen LogP contribution in [0.25, 0.3) is 0 Å². The summed E-state index contributed by atoms with van der Waals surface area (Å²) in [5.74, 6) is 1.88. The van der Waals surface area contributed by atoms with Gasteiger partial charge in [0, 0.05) is 6.61 Å². The van der Waals surface area contributed by atoms with Crippen molar-refractivity contribution in [2.45, 2.75) is 58.1 Å². The molecule has 1 aromatic rings. The van der Waals surface area contributed by atoms with Crippen molar-refractivity contribution < 1.29 is 9.26 Å². The van der Waals surface area contributed by atoms with Crippen LogP contribution in [0.2, 0.25) is 0 Å². The molecular weight excluding hydrogens is 242 g/mol. The molecule has 1 heterocycles. The maximum absolute atomic E-state index is 5.89. The Morgan fingerprint density at radius 2 is 2.11 bits per heavy atom. The van der Waals surface area contributed by atoms with Crippen LogP contribution in [0.4, 0.5) is 0 Å². The van der Waals surface area contributed by atoms with Gasteiger partial charge in [-0.05, 0) is 39.7 Å². The van der Waals surface area contributed by atoms with Crippen LogP contribution in [0.1, 0.15) is 69.8 Å². The molecule has 5 heteroatoms. The second kappa shape index (κ2) is 7.01. The normalized spacial score (nSPS) is 20.4. The SMILES string of the molecule is CCOC(c1noc(C(C)NC)n1)C1CCCCC1. The smallest absolute Gasteiger partial charge is 0.243 e. The molecule has 0 aromatic carbocycles. The van der Waals surface area contributed by atoms with Gasteiger partial charge in [-0.3, -0.25) is 0 Å². The topological polar surface area (TPSA) is 60.2 Å². The van der Waals surface area contributed by atoms with Crippen LogP contribution in [0, 0.1) is 5.92 Å². The van der Waals surface area contributed by atoms with E-state index in [1.54, 1.807) is 0 Å². The highest BCUT2D eigenvalue weighted by Crippen LogP contribution is 2.35. The van der Waals surface area contributed by atoms with E-state index in [4.69, 9.17) is 9.26 Å². The van der Waals surface area contributed by atoms with Crippen LogP contribution in [0.3, 0.4) is 0 Å². The van der Waals surface area contributed by atoms with Gasteiger partial charge < -0.3 is 14.6 Å². The lowest BCUT2D eigenvalue weighted by Gasteiger charge is -2.27. The van der Waals surface area contributed by atoms with Crippen molar-refractivity contribution in [2.75, 3.05) is 13.7 Å². The van der Waals surface area contributed by atoms with Crippen LogP contribution in [-0.4, -0.2) is 23.8 Å². The molecule has 1 aromatic heterocycles. The third kappa shape index (κ3) is 3.54. The Hall–Kier alpha value is -0.940. The Kier molecular flexibility index (Phi) is 5.34. The second-order valence-corrected chi connectivity index (χ2v) is 5.28. The molecule has 5 nitrogen and oxygen atoms in total. The van der Waals surface area contributed by atoms with Crippen molar-refractivity contribution in [1.29, 1.82) is 0 Å². The number of rotatable bonds is 6. The van der Waals surface area contributed by atoms with Gasteiger partial charge in [-0.2, -0.15) is 4.98 Å². The summed E-state index contributed by atoms with van der Waals surface area (Å²) in [6, 6.07) is 0.0786. The lowest BCUT2D eigenvalue weighted by Crippen LogP contribution is -2.20. The molecule has 0 amide bonds. The zero-order chi connectivity index (χ0) is 13.7. The number of nitrogens with one attached hydrogen (secondary N) is 1. The van der Waals surface area contributed by atoms with Gasteiger partial charge in [-0.25, -0.2) is 0 Å². The van der Waals surface area contributed by atoms with E-state index in [2.05, 4.69) is 15.5 Å². The minimum absolute atomic E-state index is 0.00754. The maximum Gasteiger partial charge on any atom is 0.243 e. The molecule has 0 aliphatic heterocycles. The van der Waals surface area contributed by atoms with Crippen LogP contribution in [-0.2, 0) is 4.74 Å². The second-order valence-electron chi connectivity index (χ2n) is 5.28. The summed E-state index contributed by atoms with van der Waals surface area (Å²) in [5.41, 5.74) is 0. The predicted octanol–water partition coefficient (Wildman–Crippen LogP) is 3.01. The van der Waals surface area contributed by atoms with Crippen LogP contribution in [0.5, 0.6) is 0 Å². The Balaban J connectivity index is 2.11. The minimum atomic E-state index is -0.00754. The van der Waals surface area contributed by atoms with E-state index in [1.807, 2.05) is 20.9 Å². The first kappa shape index (κ1) is 14.5. The Bertz CT molecular complexity index is 375. The summed E-state index contributed by atoms with van der Waals surface area (Å²) in [5, 5.41) is 7.24. The van der Waals surface area contributed by atoms with Crippen molar-refractivity contribution in [3.63, 3.8) is 0 Å². The summed E-state index contributed by atoms with van der Waals surface area (Å²) < 4.78 is 11.2. The summed E-state index contributed by atoms with van der Waals surface area (Å²) in [6.07, 6.45) is 6.31. The quantitative estimate of drug-likeness (QED) is 0.858. The van der Waals surface area contributed by atoms with E-state index in [1.165, 1.54) is 32.1 Å². The summed E-state index contributed by atoms with van der Waals surface area (Å²) in [7, 11) is 1.88. The van der Waals surface area contributed by atoms with Crippen LogP contribution >= 0.6 is 0 Å². The molecule has 1 aliphatic carbocycles. The number of hydrogen-bond acceptors (Lipinski definition) is 5. The average Bonchev–Trinajstić information content (AvgIpc) is 2.94. The lowest BCUT2D eigenvalue weighted by molar-refractivity contribution is -0.00145. The van der Waals surface area contributed by atoms with Gasteiger partial charge in [0.1, 0.15) is 6.10 Å². The molecule has 1 fully saturated rings. The molecule has 1 aliphatic rings. The Morgan fingerprint density at radius 1 is 1.37 bits per heavy atom. The van der Waals surface area contributed by atoms with Gasteiger partial charge in [-0.15, -0.1) is 0 Å². The van der Waals surface area contributed by atoms with Gasteiger partial charge >= 0.3 is 0 Å².